The van der Waals surface area contributed by atoms with Gasteiger partial charge in [0.1, 0.15) is 0 Å². The summed E-state index contributed by atoms with van der Waals surface area (Å²) in [6.07, 6.45) is 0.747. The van der Waals surface area contributed by atoms with Gasteiger partial charge in [-0.05, 0) is 49.7 Å². The summed E-state index contributed by atoms with van der Waals surface area (Å²) < 4.78 is 5.56. The van der Waals surface area contributed by atoms with Gasteiger partial charge in [-0.1, -0.05) is 13.0 Å². The van der Waals surface area contributed by atoms with Crippen molar-refractivity contribution < 1.29 is 4.42 Å². The van der Waals surface area contributed by atoms with E-state index in [4.69, 9.17) is 4.42 Å². The van der Waals surface area contributed by atoms with Crippen LogP contribution in [0.25, 0.3) is 11.5 Å². The van der Waals surface area contributed by atoms with Gasteiger partial charge in [0.2, 0.25) is 11.8 Å². The Kier molecular flexibility index (Phi) is 4.37. The summed E-state index contributed by atoms with van der Waals surface area (Å²) in [6, 6.07) is 12.1. The maximum absolute atomic E-state index is 5.56. The third kappa shape index (κ3) is 3.56. The minimum Gasteiger partial charge on any atom is -0.421 e. The van der Waals surface area contributed by atoms with Crippen LogP contribution in [0.2, 0.25) is 0 Å². The maximum Gasteiger partial charge on any atom is 0.247 e. The van der Waals surface area contributed by atoms with Gasteiger partial charge in [0.15, 0.2) is 0 Å². The van der Waals surface area contributed by atoms with Crippen LogP contribution in [0.3, 0.4) is 0 Å². The van der Waals surface area contributed by atoms with E-state index in [2.05, 4.69) is 26.6 Å². The molecule has 118 valence electrons. The van der Waals surface area contributed by atoms with E-state index in [1.807, 2.05) is 51.1 Å². The number of anilines is 1. The molecule has 0 saturated carbocycles. The molecule has 0 fully saturated rings. The Labute approximate surface area is 135 Å². The monoisotopic (exact) mass is 308 g/mol. The van der Waals surface area contributed by atoms with Crippen molar-refractivity contribution in [1.82, 2.24) is 15.2 Å². The number of aromatic nitrogens is 3. The van der Waals surface area contributed by atoms with Crippen LogP contribution in [-0.4, -0.2) is 15.2 Å². The zero-order valence-corrected chi connectivity index (χ0v) is 13.6. The van der Waals surface area contributed by atoms with Gasteiger partial charge in [-0.15, -0.1) is 10.2 Å². The molecule has 1 aromatic carbocycles. The van der Waals surface area contributed by atoms with Crippen molar-refractivity contribution >= 4 is 5.69 Å². The Morgan fingerprint density at radius 2 is 1.78 bits per heavy atom. The van der Waals surface area contributed by atoms with Crippen LogP contribution in [0.15, 0.2) is 40.8 Å². The van der Waals surface area contributed by atoms with Crippen LogP contribution in [0, 0.1) is 13.8 Å². The lowest BCUT2D eigenvalue weighted by atomic mass is 10.1. The molecule has 0 saturated heterocycles. The van der Waals surface area contributed by atoms with Gasteiger partial charge >= 0.3 is 0 Å². The quantitative estimate of drug-likeness (QED) is 0.774. The summed E-state index contributed by atoms with van der Waals surface area (Å²) >= 11 is 0. The Morgan fingerprint density at radius 3 is 2.43 bits per heavy atom. The van der Waals surface area contributed by atoms with E-state index in [9.17, 15) is 0 Å². The predicted octanol–water partition coefficient (Wildman–Crippen LogP) is 3.92. The number of hydrogen-bond acceptors (Lipinski definition) is 5. The SMILES string of the molecule is CCc1nnc(-c2ccc(NCc3ccc(C)nc3C)cc2)o1. The molecule has 0 unspecified atom stereocenters. The van der Waals surface area contributed by atoms with E-state index >= 15 is 0 Å². The molecule has 1 N–H and O–H groups in total. The van der Waals surface area contributed by atoms with Crippen LogP contribution >= 0.6 is 0 Å². The van der Waals surface area contributed by atoms with Gasteiger partial charge in [-0.2, -0.15) is 0 Å². The first kappa shape index (κ1) is 15.2. The lowest BCUT2D eigenvalue weighted by molar-refractivity contribution is 0.513. The molecule has 0 radical (unpaired) electrons. The van der Waals surface area contributed by atoms with E-state index in [0.717, 1.165) is 35.6 Å². The molecule has 5 heteroatoms. The van der Waals surface area contributed by atoms with Crippen molar-refractivity contribution in [2.45, 2.75) is 33.7 Å². The minimum absolute atomic E-state index is 0.562. The lowest BCUT2D eigenvalue weighted by Gasteiger charge is -2.09. The number of pyridine rings is 1. The summed E-state index contributed by atoms with van der Waals surface area (Å²) in [5, 5.41) is 11.5. The molecule has 0 aliphatic carbocycles. The first-order valence-electron chi connectivity index (χ1n) is 7.75. The number of benzene rings is 1. The molecule has 0 aliphatic heterocycles. The number of rotatable bonds is 5. The zero-order chi connectivity index (χ0) is 16.2. The highest BCUT2D eigenvalue weighted by molar-refractivity contribution is 5.58. The molecular weight excluding hydrogens is 288 g/mol. The normalized spacial score (nSPS) is 10.7. The fraction of sp³-hybridized carbons (Fsp3) is 0.278. The topological polar surface area (TPSA) is 63.8 Å². The molecule has 0 bridgehead atoms. The molecule has 3 aromatic rings. The Bertz CT molecular complexity index is 793. The Balaban J connectivity index is 1.67. The van der Waals surface area contributed by atoms with Gasteiger partial charge < -0.3 is 9.73 Å². The van der Waals surface area contributed by atoms with Gasteiger partial charge in [0.25, 0.3) is 0 Å². The summed E-state index contributed by atoms with van der Waals surface area (Å²) in [7, 11) is 0. The molecule has 2 aromatic heterocycles. The van der Waals surface area contributed by atoms with Crippen molar-refractivity contribution in [2.24, 2.45) is 0 Å². The summed E-state index contributed by atoms with van der Waals surface area (Å²) in [4.78, 5) is 4.48. The Morgan fingerprint density at radius 1 is 1.00 bits per heavy atom. The van der Waals surface area contributed by atoms with E-state index < -0.39 is 0 Å². The smallest absolute Gasteiger partial charge is 0.247 e. The standard InChI is InChI=1S/C18H20N4O/c1-4-17-21-22-18(23-17)14-7-9-16(10-8-14)19-11-15-6-5-12(2)20-13(15)3/h5-10,19H,4,11H2,1-3H3. The second-order valence-corrected chi connectivity index (χ2v) is 5.48. The highest BCUT2D eigenvalue weighted by Gasteiger charge is 2.07. The van der Waals surface area contributed by atoms with Crippen LogP contribution in [0.5, 0.6) is 0 Å². The molecule has 0 amide bonds. The van der Waals surface area contributed by atoms with E-state index in [1.165, 1.54) is 5.56 Å². The Hall–Kier alpha value is -2.69. The van der Waals surface area contributed by atoms with E-state index in [-0.39, 0.29) is 0 Å². The molecule has 0 spiro atoms. The number of nitrogens with one attached hydrogen (secondary N) is 1. The second kappa shape index (κ2) is 6.60. The molecular formula is C18H20N4O. The molecule has 23 heavy (non-hydrogen) atoms. The third-order valence-corrected chi connectivity index (χ3v) is 3.72. The van der Waals surface area contributed by atoms with Gasteiger partial charge in [-0.25, -0.2) is 0 Å². The molecule has 0 atom stereocenters. The predicted molar refractivity (Wildman–Crippen MR) is 90.1 cm³/mol. The summed E-state index contributed by atoms with van der Waals surface area (Å²) in [5.41, 5.74) is 5.28. The van der Waals surface area contributed by atoms with Crippen LogP contribution in [-0.2, 0) is 13.0 Å². The van der Waals surface area contributed by atoms with Crippen molar-refractivity contribution in [3.05, 3.63) is 59.2 Å². The first-order valence-corrected chi connectivity index (χ1v) is 7.75. The van der Waals surface area contributed by atoms with E-state index in [0.29, 0.717) is 11.8 Å². The zero-order valence-electron chi connectivity index (χ0n) is 13.6. The van der Waals surface area contributed by atoms with E-state index in [1.54, 1.807) is 0 Å². The lowest BCUT2D eigenvalue weighted by Crippen LogP contribution is -2.03. The van der Waals surface area contributed by atoms with Gasteiger partial charge in [0, 0.05) is 35.6 Å². The van der Waals surface area contributed by atoms with Crippen molar-refractivity contribution in [3.63, 3.8) is 0 Å². The highest BCUT2D eigenvalue weighted by Crippen LogP contribution is 2.21. The average Bonchev–Trinajstić information content (AvgIpc) is 3.04. The van der Waals surface area contributed by atoms with Crippen molar-refractivity contribution in [3.8, 4) is 11.5 Å². The number of aryl methyl sites for hydroxylation is 3. The van der Waals surface area contributed by atoms with Crippen LogP contribution in [0.1, 0.15) is 29.8 Å². The highest BCUT2D eigenvalue weighted by atomic mass is 16.4. The fourth-order valence-electron chi connectivity index (χ4n) is 2.34. The first-order chi connectivity index (χ1) is 11.2. The van der Waals surface area contributed by atoms with Crippen molar-refractivity contribution in [2.75, 3.05) is 5.32 Å². The largest absolute Gasteiger partial charge is 0.421 e. The molecule has 2 heterocycles. The third-order valence-electron chi connectivity index (χ3n) is 3.72. The molecule has 0 aliphatic rings. The van der Waals surface area contributed by atoms with Gasteiger partial charge in [0.05, 0.1) is 0 Å². The maximum atomic E-state index is 5.56. The van der Waals surface area contributed by atoms with Crippen molar-refractivity contribution in [1.29, 1.82) is 0 Å². The number of nitrogens with zero attached hydrogens (tertiary/aromatic N) is 3. The van der Waals surface area contributed by atoms with Gasteiger partial charge in [-0.3, -0.25) is 4.98 Å². The molecule has 3 rings (SSSR count). The average molecular weight is 308 g/mol. The summed E-state index contributed by atoms with van der Waals surface area (Å²) in [5.74, 6) is 1.22. The minimum atomic E-state index is 0.562. The summed E-state index contributed by atoms with van der Waals surface area (Å²) in [6.45, 7) is 6.78. The number of hydrogen-bond donors (Lipinski definition) is 1. The molecule has 5 nitrogen and oxygen atoms in total. The van der Waals surface area contributed by atoms with Crippen LogP contribution < -0.4 is 5.32 Å². The van der Waals surface area contributed by atoms with Crippen LogP contribution in [0.4, 0.5) is 5.69 Å². The second-order valence-electron chi connectivity index (χ2n) is 5.48. The fourth-order valence-corrected chi connectivity index (χ4v) is 2.34.